The molecule has 9 heteroatoms. The third-order valence-corrected chi connectivity index (χ3v) is 6.13. The number of fused-ring (bicyclic) bond motifs is 1. The van der Waals surface area contributed by atoms with Gasteiger partial charge >= 0.3 is 5.97 Å². The zero-order chi connectivity index (χ0) is 25.4. The Morgan fingerprint density at radius 2 is 1.97 bits per heavy atom. The summed E-state index contributed by atoms with van der Waals surface area (Å²) in [6.45, 7) is 7.19. The molecule has 35 heavy (non-hydrogen) atoms. The van der Waals surface area contributed by atoms with Crippen molar-refractivity contribution in [2.24, 2.45) is 4.99 Å². The second-order valence-electron chi connectivity index (χ2n) is 7.16. The van der Waals surface area contributed by atoms with Crippen molar-refractivity contribution in [3.63, 3.8) is 0 Å². The van der Waals surface area contributed by atoms with Crippen molar-refractivity contribution in [1.82, 2.24) is 4.98 Å². The Morgan fingerprint density at radius 1 is 1.20 bits per heavy atom. The molecule has 0 bridgehead atoms. The number of benzene rings is 2. The van der Waals surface area contributed by atoms with E-state index in [1.54, 1.807) is 49.4 Å². The minimum atomic E-state index is -4.01. The normalized spacial score (nSPS) is 11.9. The summed E-state index contributed by atoms with van der Waals surface area (Å²) in [5.74, 6) is 5.15. The van der Waals surface area contributed by atoms with E-state index in [0.29, 0.717) is 40.1 Å². The van der Waals surface area contributed by atoms with E-state index in [-0.39, 0.29) is 10.6 Å². The van der Waals surface area contributed by atoms with Crippen LogP contribution in [-0.2, 0) is 14.8 Å². The maximum Gasteiger partial charge on any atom is 0.354 e. The molecule has 0 fully saturated rings. The number of sulfonamides is 1. The number of nitrogens with zero attached hydrogens (tertiary/aromatic N) is 2. The van der Waals surface area contributed by atoms with Crippen LogP contribution in [0.3, 0.4) is 0 Å². The number of para-hydroxylation sites is 1. The lowest BCUT2D eigenvalue weighted by Crippen LogP contribution is -2.15. The van der Waals surface area contributed by atoms with Crippen LogP contribution in [0.15, 0.2) is 88.0 Å². The predicted octanol–water partition coefficient (Wildman–Crippen LogP) is 4.40. The number of aromatic nitrogens is 1. The first-order chi connectivity index (χ1) is 16.8. The zero-order valence-electron chi connectivity index (χ0n) is 19.1. The Morgan fingerprint density at radius 3 is 2.69 bits per heavy atom. The standard InChI is InChI=1S/C26H23N3O5S/c1-4-34-23-15-16-24(25-20(23)9-7-17-28-25)35(32,33)29-21-10-6-5-8-19(21)13-11-18(2)12-14-22(27-3)26(30)31/h5-10,12,14-17,29H,3-4H2,1-2H3,(H,30,31)/b18-12+,22-14-. The Bertz CT molecular complexity index is 1510. The van der Waals surface area contributed by atoms with Gasteiger partial charge in [0.1, 0.15) is 16.3 Å². The molecule has 3 aromatic rings. The van der Waals surface area contributed by atoms with Crippen molar-refractivity contribution in [2.75, 3.05) is 11.3 Å². The summed E-state index contributed by atoms with van der Waals surface area (Å²) in [7, 11) is -4.01. The Hall–Kier alpha value is -4.42. The summed E-state index contributed by atoms with van der Waals surface area (Å²) in [5.41, 5.74) is 1.36. The fourth-order valence-electron chi connectivity index (χ4n) is 3.10. The predicted molar refractivity (Wildman–Crippen MR) is 136 cm³/mol. The maximum atomic E-state index is 13.3. The third kappa shape index (κ3) is 6.13. The number of anilines is 1. The molecule has 0 aliphatic carbocycles. The van der Waals surface area contributed by atoms with Gasteiger partial charge in [0, 0.05) is 17.1 Å². The highest BCUT2D eigenvalue weighted by Gasteiger charge is 2.21. The number of allylic oxidation sites excluding steroid dienone is 3. The van der Waals surface area contributed by atoms with Crippen LogP contribution in [-0.4, -0.2) is 37.8 Å². The molecule has 1 aromatic heterocycles. The van der Waals surface area contributed by atoms with Crippen LogP contribution in [0, 0.1) is 11.8 Å². The molecule has 8 nitrogen and oxygen atoms in total. The number of aliphatic imine (C=N–C) groups is 1. The first-order valence-corrected chi connectivity index (χ1v) is 12.0. The Kier molecular flexibility index (Phi) is 8.02. The minimum absolute atomic E-state index is 0.0126. The van der Waals surface area contributed by atoms with Gasteiger partial charge in [-0.1, -0.05) is 24.0 Å². The number of carbonyl (C=O) groups is 1. The number of hydrogen-bond acceptors (Lipinski definition) is 6. The second kappa shape index (κ2) is 11.1. The van der Waals surface area contributed by atoms with Crippen LogP contribution in [0.25, 0.3) is 10.9 Å². The number of pyridine rings is 1. The molecule has 1 heterocycles. The highest BCUT2D eigenvalue weighted by atomic mass is 32.2. The van der Waals surface area contributed by atoms with Gasteiger partial charge in [-0.3, -0.25) is 14.7 Å². The van der Waals surface area contributed by atoms with E-state index < -0.39 is 16.0 Å². The number of carboxylic acid groups (broad SMARTS) is 1. The van der Waals surface area contributed by atoms with Gasteiger partial charge in [0.2, 0.25) is 0 Å². The number of carboxylic acids is 1. The lowest BCUT2D eigenvalue weighted by molar-refractivity contribution is -0.132. The number of aliphatic carboxylic acids is 1. The van der Waals surface area contributed by atoms with Crippen LogP contribution in [0.5, 0.6) is 5.75 Å². The molecule has 0 aliphatic rings. The summed E-state index contributed by atoms with van der Waals surface area (Å²) in [4.78, 5) is 18.7. The number of ether oxygens (including phenoxy) is 1. The van der Waals surface area contributed by atoms with Gasteiger partial charge in [-0.25, -0.2) is 13.2 Å². The van der Waals surface area contributed by atoms with Crippen LogP contribution >= 0.6 is 0 Å². The smallest absolute Gasteiger partial charge is 0.354 e. The molecule has 3 rings (SSSR count). The molecule has 0 saturated carbocycles. The van der Waals surface area contributed by atoms with Gasteiger partial charge in [-0.05, 0) is 74.7 Å². The molecule has 0 radical (unpaired) electrons. The molecule has 178 valence electrons. The van der Waals surface area contributed by atoms with E-state index in [1.165, 1.54) is 24.4 Å². The summed E-state index contributed by atoms with van der Waals surface area (Å²) in [6.07, 6.45) is 4.31. The average Bonchev–Trinajstić information content (AvgIpc) is 2.83. The summed E-state index contributed by atoms with van der Waals surface area (Å²) in [6, 6.07) is 13.3. The third-order valence-electron chi connectivity index (χ3n) is 4.73. The van der Waals surface area contributed by atoms with Gasteiger partial charge in [0.25, 0.3) is 10.0 Å². The zero-order valence-corrected chi connectivity index (χ0v) is 20.0. The SMILES string of the molecule is C=N/C(=C\C=C(/C)C#Cc1ccccc1NS(=O)(=O)c1ccc(OCC)c2cccnc12)C(=O)O. The van der Waals surface area contributed by atoms with Crippen molar-refractivity contribution >= 4 is 39.3 Å². The van der Waals surface area contributed by atoms with E-state index >= 15 is 0 Å². The van der Waals surface area contributed by atoms with Crippen LogP contribution < -0.4 is 9.46 Å². The number of hydrogen-bond donors (Lipinski definition) is 2. The highest BCUT2D eigenvalue weighted by Crippen LogP contribution is 2.31. The van der Waals surface area contributed by atoms with E-state index in [1.807, 2.05) is 6.92 Å². The molecule has 2 N–H and O–H groups in total. The van der Waals surface area contributed by atoms with Gasteiger partial charge < -0.3 is 9.84 Å². The minimum Gasteiger partial charge on any atom is -0.493 e. The van der Waals surface area contributed by atoms with Gasteiger partial charge in [-0.15, -0.1) is 0 Å². The summed E-state index contributed by atoms with van der Waals surface area (Å²) in [5, 5.41) is 9.59. The monoisotopic (exact) mass is 489 g/mol. The molecule has 0 atom stereocenters. The molecule has 2 aromatic carbocycles. The molecule has 0 aliphatic heterocycles. The Balaban J connectivity index is 1.97. The highest BCUT2D eigenvalue weighted by molar-refractivity contribution is 7.93. The lowest BCUT2D eigenvalue weighted by atomic mass is 10.1. The lowest BCUT2D eigenvalue weighted by Gasteiger charge is -2.13. The largest absolute Gasteiger partial charge is 0.493 e. The number of nitrogens with one attached hydrogen (secondary N) is 1. The van der Waals surface area contributed by atoms with Crippen LogP contribution in [0.1, 0.15) is 19.4 Å². The first kappa shape index (κ1) is 25.2. The van der Waals surface area contributed by atoms with E-state index in [0.717, 1.165) is 0 Å². The van der Waals surface area contributed by atoms with E-state index in [9.17, 15) is 13.2 Å². The molecular weight excluding hydrogens is 466 g/mol. The van der Waals surface area contributed by atoms with E-state index in [2.05, 4.69) is 33.3 Å². The number of rotatable bonds is 8. The molecule has 0 spiro atoms. The summed E-state index contributed by atoms with van der Waals surface area (Å²) < 4.78 is 34.8. The fourth-order valence-corrected chi connectivity index (χ4v) is 4.34. The maximum absolute atomic E-state index is 13.3. The quantitative estimate of drug-likeness (QED) is 0.210. The van der Waals surface area contributed by atoms with Crippen LogP contribution in [0.2, 0.25) is 0 Å². The molecule has 0 saturated heterocycles. The summed E-state index contributed by atoms with van der Waals surface area (Å²) >= 11 is 0. The van der Waals surface area contributed by atoms with Crippen molar-refractivity contribution in [2.45, 2.75) is 18.7 Å². The van der Waals surface area contributed by atoms with Crippen molar-refractivity contribution in [3.05, 3.63) is 83.7 Å². The molecule has 0 unspecified atom stereocenters. The van der Waals surface area contributed by atoms with Gasteiger partial charge in [0.15, 0.2) is 0 Å². The molecular formula is C26H23N3O5S. The fraction of sp³-hybridized carbons (Fsp3) is 0.115. The molecule has 0 amide bonds. The van der Waals surface area contributed by atoms with Crippen LogP contribution in [0.4, 0.5) is 5.69 Å². The second-order valence-corrected chi connectivity index (χ2v) is 8.81. The van der Waals surface area contributed by atoms with Gasteiger partial charge in [-0.2, -0.15) is 0 Å². The van der Waals surface area contributed by atoms with Crippen molar-refractivity contribution in [3.8, 4) is 17.6 Å². The van der Waals surface area contributed by atoms with E-state index in [4.69, 9.17) is 9.84 Å². The van der Waals surface area contributed by atoms with Crippen molar-refractivity contribution in [1.29, 1.82) is 0 Å². The average molecular weight is 490 g/mol. The Labute approximate surface area is 203 Å². The topological polar surface area (TPSA) is 118 Å². The van der Waals surface area contributed by atoms with Gasteiger partial charge in [0.05, 0.1) is 17.8 Å². The first-order valence-electron chi connectivity index (χ1n) is 10.5. The van der Waals surface area contributed by atoms with Crippen molar-refractivity contribution < 1.29 is 23.1 Å².